The molecule has 3 aromatic rings. The van der Waals surface area contributed by atoms with Crippen molar-refractivity contribution in [2.24, 2.45) is 0 Å². The van der Waals surface area contributed by atoms with Crippen LogP contribution in [0.25, 0.3) is 11.1 Å². The van der Waals surface area contributed by atoms with Gasteiger partial charge in [-0.15, -0.1) is 0 Å². The van der Waals surface area contributed by atoms with Crippen LogP contribution in [0.1, 0.15) is 66.6 Å². The molecule has 1 amide bonds. The molecule has 5 rings (SSSR count). The Bertz CT molecular complexity index is 1630. The summed E-state index contributed by atoms with van der Waals surface area (Å²) in [4.78, 5) is 15.5. The minimum absolute atomic E-state index is 0.0447. The number of carbonyl (C=O) groups excluding carboxylic acids is 1. The summed E-state index contributed by atoms with van der Waals surface area (Å²) in [6.45, 7) is 9.41. The Balaban J connectivity index is 1.41. The summed E-state index contributed by atoms with van der Waals surface area (Å²) in [6.07, 6.45) is 3.74. The molecule has 9 nitrogen and oxygen atoms in total. The number of anilines is 2. The molecule has 0 bridgehead atoms. The summed E-state index contributed by atoms with van der Waals surface area (Å²) >= 11 is 0. The van der Waals surface area contributed by atoms with Crippen LogP contribution in [0.4, 0.5) is 11.4 Å². The van der Waals surface area contributed by atoms with Gasteiger partial charge in [-0.25, -0.2) is 8.42 Å². The first-order valence-electron chi connectivity index (χ1n) is 15.4. The van der Waals surface area contributed by atoms with Crippen LogP contribution in [0.2, 0.25) is 0 Å². The van der Waals surface area contributed by atoms with Gasteiger partial charge in [-0.05, 0) is 82.7 Å². The first kappa shape index (κ1) is 32.9. The number of nitrogens with one attached hydrogen (secondary N) is 1. The molecule has 0 radical (unpaired) electrons. The van der Waals surface area contributed by atoms with Crippen LogP contribution in [0.15, 0.2) is 54.6 Å². The largest absolute Gasteiger partial charge is 0.465 e. The van der Waals surface area contributed by atoms with Gasteiger partial charge in [0.25, 0.3) is 5.91 Å². The highest BCUT2D eigenvalue weighted by atomic mass is 32.2. The van der Waals surface area contributed by atoms with Gasteiger partial charge < -0.3 is 23.8 Å². The predicted octanol–water partition coefficient (Wildman–Crippen LogP) is 6.12. The van der Waals surface area contributed by atoms with E-state index in [9.17, 15) is 13.2 Å². The topological polar surface area (TPSA) is 103 Å². The van der Waals surface area contributed by atoms with Crippen LogP contribution in [0.5, 0.6) is 5.75 Å². The normalized spacial score (nSPS) is 16.0. The number of hydrogen-bond acceptors (Lipinski definition) is 7. The Kier molecular flexibility index (Phi) is 10.2. The summed E-state index contributed by atoms with van der Waals surface area (Å²) in [5.74, 6) is 0.606. The molecule has 2 aliphatic rings. The molecule has 0 unspecified atom stereocenters. The predicted molar refractivity (Wildman–Crippen MR) is 177 cm³/mol. The Hall–Kier alpha value is -3.44. The highest BCUT2D eigenvalue weighted by Crippen LogP contribution is 2.39. The molecule has 1 saturated heterocycles. The number of carbonyl (C=O) groups is 1. The fraction of sp³-hybridized carbons (Fsp3) is 0.457. The van der Waals surface area contributed by atoms with E-state index >= 15 is 0 Å². The lowest BCUT2D eigenvalue weighted by molar-refractivity contribution is -0.00814. The first-order valence-corrected chi connectivity index (χ1v) is 17.3. The fourth-order valence-electron chi connectivity index (χ4n) is 5.94. The quantitative estimate of drug-likeness (QED) is 0.200. The molecule has 0 spiro atoms. The van der Waals surface area contributed by atoms with Crippen molar-refractivity contribution in [3.63, 3.8) is 0 Å². The number of nitrogens with zero attached hydrogens (tertiary/aromatic N) is 1. The Morgan fingerprint density at radius 3 is 2.44 bits per heavy atom. The van der Waals surface area contributed by atoms with E-state index in [1.165, 1.54) is 16.7 Å². The van der Waals surface area contributed by atoms with Gasteiger partial charge in [0.2, 0.25) is 10.0 Å². The Morgan fingerprint density at radius 2 is 1.73 bits per heavy atom. The van der Waals surface area contributed by atoms with E-state index in [0.29, 0.717) is 49.1 Å². The van der Waals surface area contributed by atoms with E-state index in [-0.39, 0.29) is 23.8 Å². The molecule has 1 fully saturated rings. The summed E-state index contributed by atoms with van der Waals surface area (Å²) < 4.78 is 48.4. The van der Waals surface area contributed by atoms with Crippen molar-refractivity contribution in [2.45, 2.75) is 51.4 Å². The average molecular weight is 637 g/mol. The number of hydrogen-bond donors (Lipinski definition) is 1. The average Bonchev–Trinajstić information content (AvgIpc) is 3.00. The zero-order valence-electron chi connectivity index (χ0n) is 26.9. The van der Waals surface area contributed by atoms with Crippen molar-refractivity contribution < 1.29 is 32.2 Å². The van der Waals surface area contributed by atoms with Gasteiger partial charge in [0.1, 0.15) is 5.75 Å². The van der Waals surface area contributed by atoms with Crippen LogP contribution >= 0.6 is 0 Å². The molecule has 0 aromatic heterocycles. The molecule has 2 heterocycles. The maximum atomic E-state index is 13.8. The van der Waals surface area contributed by atoms with Crippen LogP contribution < -0.4 is 14.4 Å². The summed E-state index contributed by atoms with van der Waals surface area (Å²) in [7, 11) is -2.03. The van der Waals surface area contributed by atoms with Gasteiger partial charge in [-0.1, -0.05) is 51.1 Å². The molecule has 3 aromatic carbocycles. The maximum absolute atomic E-state index is 13.8. The molecule has 0 saturated carbocycles. The fourth-order valence-corrected chi connectivity index (χ4v) is 6.50. The van der Waals surface area contributed by atoms with Crippen molar-refractivity contribution in [1.29, 1.82) is 0 Å². The van der Waals surface area contributed by atoms with Crippen molar-refractivity contribution in [2.75, 3.05) is 62.8 Å². The highest BCUT2D eigenvalue weighted by molar-refractivity contribution is 7.92. The van der Waals surface area contributed by atoms with Crippen LogP contribution in [-0.2, 0) is 36.1 Å². The van der Waals surface area contributed by atoms with Gasteiger partial charge in [0.05, 0.1) is 25.2 Å². The second-order valence-electron chi connectivity index (χ2n) is 12.7. The van der Waals surface area contributed by atoms with E-state index in [1.807, 2.05) is 12.1 Å². The Morgan fingerprint density at radius 1 is 0.978 bits per heavy atom. The molecule has 1 N–H and O–H groups in total. The van der Waals surface area contributed by atoms with Crippen molar-refractivity contribution in [3.8, 4) is 16.9 Å². The van der Waals surface area contributed by atoms with E-state index in [1.54, 1.807) is 30.2 Å². The van der Waals surface area contributed by atoms with Gasteiger partial charge in [0.15, 0.2) is 6.79 Å². The zero-order chi connectivity index (χ0) is 32.2. The van der Waals surface area contributed by atoms with E-state index in [4.69, 9.17) is 18.9 Å². The van der Waals surface area contributed by atoms with Gasteiger partial charge >= 0.3 is 0 Å². The molecule has 242 valence electrons. The SMILES string of the molecule is COCCOCOc1ccc(N2CCc3cc(-c4ccc(C(C)(C)C)cc4C4CCOCC4)ccc3C2=O)cc1NS(C)(=O)=O. The number of fused-ring (bicyclic) bond motifs is 1. The standard InChI is InChI=1S/C35H44N2O7S/c1-35(2,3)27-7-10-29(31(21-27)24-13-16-42-17-14-24)25-6-9-30-26(20-25)12-15-37(34(30)38)28-8-11-33(44-23-43-19-18-41-4)32(22-28)36-45(5,39)40/h6-11,20-22,24,36H,12-19,23H2,1-5H3. The number of rotatable bonds is 11. The smallest absolute Gasteiger partial charge is 0.258 e. The van der Waals surface area contributed by atoms with Crippen molar-refractivity contribution in [3.05, 3.63) is 76.9 Å². The first-order chi connectivity index (χ1) is 21.4. The molecular formula is C35H44N2O7S. The van der Waals surface area contributed by atoms with Gasteiger partial charge in [-0.3, -0.25) is 9.52 Å². The zero-order valence-corrected chi connectivity index (χ0v) is 27.7. The second kappa shape index (κ2) is 13.9. The maximum Gasteiger partial charge on any atom is 0.258 e. The monoisotopic (exact) mass is 636 g/mol. The van der Waals surface area contributed by atoms with Gasteiger partial charge in [-0.2, -0.15) is 0 Å². The third-order valence-corrected chi connectivity index (χ3v) is 8.97. The Labute approximate surface area is 266 Å². The number of sulfonamides is 1. The second-order valence-corrected chi connectivity index (χ2v) is 14.5. The highest BCUT2D eigenvalue weighted by Gasteiger charge is 2.28. The number of amides is 1. The molecular weight excluding hydrogens is 592 g/mol. The van der Waals surface area contributed by atoms with E-state index < -0.39 is 10.0 Å². The van der Waals surface area contributed by atoms with Crippen molar-refractivity contribution >= 4 is 27.3 Å². The third kappa shape index (κ3) is 8.05. The minimum Gasteiger partial charge on any atom is -0.465 e. The molecule has 10 heteroatoms. The lowest BCUT2D eigenvalue weighted by Crippen LogP contribution is -2.37. The number of ether oxygens (including phenoxy) is 4. The summed E-state index contributed by atoms with van der Waals surface area (Å²) in [6, 6.07) is 18.0. The van der Waals surface area contributed by atoms with Crippen LogP contribution in [-0.4, -0.2) is 67.5 Å². The third-order valence-electron chi connectivity index (χ3n) is 8.38. The molecule has 45 heavy (non-hydrogen) atoms. The molecule has 0 aliphatic carbocycles. The number of benzene rings is 3. The van der Waals surface area contributed by atoms with E-state index in [2.05, 4.69) is 49.8 Å². The molecule has 0 atom stereocenters. The lowest BCUT2D eigenvalue weighted by Gasteiger charge is -2.30. The number of methoxy groups -OCH3 is 1. The summed E-state index contributed by atoms with van der Waals surface area (Å²) in [5.41, 5.74) is 7.51. The van der Waals surface area contributed by atoms with Crippen molar-refractivity contribution in [1.82, 2.24) is 0 Å². The minimum atomic E-state index is -3.60. The van der Waals surface area contributed by atoms with Crippen LogP contribution in [0.3, 0.4) is 0 Å². The van der Waals surface area contributed by atoms with E-state index in [0.717, 1.165) is 43.4 Å². The molecule has 2 aliphatic heterocycles. The van der Waals surface area contributed by atoms with Crippen LogP contribution in [0, 0.1) is 0 Å². The lowest BCUT2D eigenvalue weighted by atomic mass is 9.79. The summed E-state index contributed by atoms with van der Waals surface area (Å²) in [5, 5.41) is 0. The van der Waals surface area contributed by atoms with Gasteiger partial charge in [0, 0.05) is 38.1 Å².